The number of halogens is 2. The number of hydrogen-bond donors (Lipinski definition) is 2. The SMILES string of the molecule is C[C@H](N[C@H](C)c1ccc(F)cc1F)C(=O)Nc1cccc(S(=O)(=O)N(C)C)c1. The van der Waals surface area contributed by atoms with Crippen LogP contribution in [0.5, 0.6) is 0 Å². The second kappa shape index (κ2) is 8.76. The highest BCUT2D eigenvalue weighted by atomic mass is 32.2. The molecule has 0 spiro atoms. The zero-order valence-corrected chi connectivity index (χ0v) is 16.8. The molecule has 1 amide bonds. The number of nitrogens with one attached hydrogen (secondary N) is 2. The monoisotopic (exact) mass is 411 g/mol. The molecule has 152 valence electrons. The lowest BCUT2D eigenvalue weighted by Gasteiger charge is -2.20. The smallest absolute Gasteiger partial charge is 0.242 e. The van der Waals surface area contributed by atoms with Gasteiger partial charge in [0.25, 0.3) is 0 Å². The van der Waals surface area contributed by atoms with Crippen LogP contribution in [0.15, 0.2) is 47.4 Å². The molecule has 0 bridgehead atoms. The highest BCUT2D eigenvalue weighted by Gasteiger charge is 2.21. The number of hydrogen-bond acceptors (Lipinski definition) is 4. The molecule has 0 heterocycles. The van der Waals surface area contributed by atoms with Gasteiger partial charge in [-0.1, -0.05) is 12.1 Å². The predicted molar refractivity (Wildman–Crippen MR) is 103 cm³/mol. The second-order valence-electron chi connectivity index (χ2n) is 6.58. The Morgan fingerprint density at radius 3 is 2.36 bits per heavy atom. The van der Waals surface area contributed by atoms with Gasteiger partial charge in [0, 0.05) is 37.5 Å². The molecule has 0 aliphatic heterocycles. The maximum Gasteiger partial charge on any atom is 0.242 e. The van der Waals surface area contributed by atoms with E-state index in [1.54, 1.807) is 19.9 Å². The van der Waals surface area contributed by atoms with Gasteiger partial charge in [-0.25, -0.2) is 21.5 Å². The first-order valence-electron chi connectivity index (χ1n) is 8.57. The van der Waals surface area contributed by atoms with E-state index in [-0.39, 0.29) is 10.5 Å². The van der Waals surface area contributed by atoms with E-state index in [2.05, 4.69) is 10.6 Å². The van der Waals surface area contributed by atoms with Crippen molar-refractivity contribution >= 4 is 21.6 Å². The molecular formula is C19H23F2N3O3S. The van der Waals surface area contributed by atoms with E-state index in [1.165, 1.54) is 38.4 Å². The topological polar surface area (TPSA) is 78.5 Å². The molecule has 0 aliphatic rings. The van der Waals surface area contributed by atoms with Crippen LogP contribution in [0.3, 0.4) is 0 Å². The van der Waals surface area contributed by atoms with Crippen LogP contribution in [0.1, 0.15) is 25.5 Å². The molecule has 2 N–H and O–H groups in total. The Balaban J connectivity index is 2.08. The van der Waals surface area contributed by atoms with Crippen molar-refractivity contribution in [3.05, 3.63) is 59.7 Å². The van der Waals surface area contributed by atoms with Crippen LogP contribution in [-0.4, -0.2) is 38.8 Å². The van der Waals surface area contributed by atoms with Crippen molar-refractivity contribution in [3.8, 4) is 0 Å². The molecule has 2 atom stereocenters. The quantitative estimate of drug-likeness (QED) is 0.734. The van der Waals surface area contributed by atoms with E-state index >= 15 is 0 Å². The fraction of sp³-hybridized carbons (Fsp3) is 0.316. The Bertz CT molecular complexity index is 965. The molecule has 2 aromatic carbocycles. The zero-order chi connectivity index (χ0) is 21.1. The number of rotatable bonds is 7. The summed E-state index contributed by atoms with van der Waals surface area (Å²) in [5, 5.41) is 5.57. The molecule has 28 heavy (non-hydrogen) atoms. The summed E-state index contributed by atoms with van der Waals surface area (Å²) in [5.41, 5.74) is 0.558. The van der Waals surface area contributed by atoms with Gasteiger partial charge >= 0.3 is 0 Å². The van der Waals surface area contributed by atoms with E-state index in [0.717, 1.165) is 16.4 Å². The van der Waals surface area contributed by atoms with E-state index in [0.29, 0.717) is 5.69 Å². The molecule has 0 aromatic heterocycles. The summed E-state index contributed by atoms with van der Waals surface area (Å²) in [6, 6.07) is 7.91. The van der Waals surface area contributed by atoms with Crippen LogP contribution in [0.25, 0.3) is 0 Å². The van der Waals surface area contributed by atoms with Crippen molar-refractivity contribution in [2.75, 3.05) is 19.4 Å². The number of amides is 1. The van der Waals surface area contributed by atoms with Crippen molar-refractivity contribution in [2.45, 2.75) is 30.8 Å². The Morgan fingerprint density at radius 1 is 1.07 bits per heavy atom. The lowest BCUT2D eigenvalue weighted by Crippen LogP contribution is -2.39. The maximum absolute atomic E-state index is 13.9. The lowest BCUT2D eigenvalue weighted by molar-refractivity contribution is -0.117. The van der Waals surface area contributed by atoms with Gasteiger partial charge in [-0.15, -0.1) is 0 Å². The number of benzene rings is 2. The molecule has 9 heteroatoms. The summed E-state index contributed by atoms with van der Waals surface area (Å²) in [5.74, 6) is -1.80. The van der Waals surface area contributed by atoms with Gasteiger partial charge in [-0.3, -0.25) is 10.1 Å². The Hall–Kier alpha value is -2.36. The van der Waals surface area contributed by atoms with Gasteiger partial charge in [0.15, 0.2) is 0 Å². The summed E-state index contributed by atoms with van der Waals surface area (Å²) in [6.45, 7) is 3.25. The molecular weight excluding hydrogens is 388 g/mol. The summed E-state index contributed by atoms with van der Waals surface area (Å²) >= 11 is 0. The number of carbonyl (C=O) groups is 1. The zero-order valence-electron chi connectivity index (χ0n) is 16.0. The second-order valence-corrected chi connectivity index (χ2v) is 8.73. The normalized spacial score (nSPS) is 14.0. The van der Waals surface area contributed by atoms with E-state index in [4.69, 9.17) is 0 Å². The highest BCUT2D eigenvalue weighted by Crippen LogP contribution is 2.20. The first-order valence-corrected chi connectivity index (χ1v) is 10.0. The molecule has 2 rings (SSSR count). The van der Waals surface area contributed by atoms with E-state index in [9.17, 15) is 22.0 Å². The van der Waals surface area contributed by atoms with Crippen LogP contribution in [0.4, 0.5) is 14.5 Å². The van der Waals surface area contributed by atoms with Gasteiger partial charge in [0.1, 0.15) is 11.6 Å². The van der Waals surface area contributed by atoms with Gasteiger partial charge in [0.05, 0.1) is 10.9 Å². The van der Waals surface area contributed by atoms with Crippen molar-refractivity contribution < 1.29 is 22.0 Å². The third-order valence-electron chi connectivity index (χ3n) is 4.20. The van der Waals surface area contributed by atoms with Crippen LogP contribution in [0.2, 0.25) is 0 Å². The minimum absolute atomic E-state index is 0.0534. The number of carbonyl (C=O) groups excluding carboxylic acids is 1. The van der Waals surface area contributed by atoms with Gasteiger partial charge in [-0.05, 0) is 38.1 Å². The number of sulfonamides is 1. The molecule has 6 nitrogen and oxygen atoms in total. The molecule has 0 saturated heterocycles. The van der Waals surface area contributed by atoms with Crippen molar-refractivity contribution in [1.82, 2.24) is 9.62 Å². The summed E-state index contributed by atoms with van der Waals surface area (Å²) < 4.78 is 52.4. The van der Waals surface area contributed by atoms with Gasteiger partial charge in [-0.2, -0.15) is 0 Å². The van der Waals surface area contributed by atoms with Crippen LogP contribution in [0, 0.1) is 11.6 Å². The summed E-state index contributed by atoms with van der Waals surface area (Å²) in [4.78, 5) is 12.5. The largest absolute Gasteiger partial charge is 0.325 e. The Kier molecular flexibility index (Phi) is 6.87. The lowest BCUT2D eigenvalue weighted by atomic mass is 10.1. The average molecular weight is 411 g/mol. The highest BCUT2D eigenvalue weighted by molar-refractivity contribution is 7.89. The molecule has 0 aliphatic carbocycles. The van der Waals surface area contributed by atoms with Crippen molar-refractivity contribution in [1.29, 1.82) is 0 Å². The average Bonchev–Trinajstić information content (AvgIpc) is 2.61. The van der Waals surface area contributed by atoms with Gasteiger partial charge in [0.2, 0.25) is 15.9 Å². The first kappa shape index (κ1) is 21.9. The Labute approximate surface area is 163 Å². The third-order valence-corrected chi connectivity index (χ3v) is 6.01. The van der Waals surface area contributed by atoms with Crippen molar-refractivity contribution in [3.63, 3.8) is 0 Å². The fourth-order valence-corrected chi connectivity index (χ4v) is 3.54. The molecule has 0 saturated carbocycles. The summed E-state index contributed by atoms with van der Waals surface area (Å²) in [6.07, 6.45) is 0. The third kappa shape index (κ3) is 5.12. The van der Waals surface area contributed by atoms with Crippen LogP contribution >= 0.6 is 0 Å². The minimum atomic E-state index is -3.62. The summed E-state index contributed by atoms with van der Waals surface area (Å²) in [7, 11) is -0.786. The van der Waals surface area contributed by atoms with E-state index < -0.39 is 39.6 Å². The van der Waals surface area contributed by atoms with Crippen LogP contribution in [-0.2, 0) is 14.8 Å². The number of anilines is 1. The fourth-order valence-electron chi connectivity index (χ4n) is 2.59. The molecule has 0 unspecified atom stereocenters. The minimum Gasteiger partial charge on any atom is -0.325 e. The van der Waals surface area contributed by atoms with Crippen LogP contribution < -0.4 is 10.6 Å². The van der Waals surface area contributed by atoms with Crippen molar-refractivity contribution in [2.24, 2.45) is 0 Å². The maximum atomic E-state index is 13.9. The molecule has 0 radical (unpaired) electrons. The standard InChI is InChI=1S/C19H23F2N3O3S/c1-12(17-9-8-14(20)10-18(17)21)22-13(2)19(25)23-15-6-5-7-16(11-15)28(26,27)24(3)4/h5-13,22H,1-4H3,(H,23,25)/t12-,13+/m1/s1. The van der Waals surface area contributed by atoms with Gasteiger partial charge < -0.3 is 5.32 Å². The molecule has 0 fully saturated rings. The Morgan fingerprint density at radius 2 is 1.75 bits per heavy atom. The predicted octanol–water partition coefficient (Wildman–Crippen LogP) is 2.89. The first-order chi connectivity index (χ1) is 13.0. The number of nitrogens with zero attached hydrogens (tertiary/aromatic N) is 1. The molecule has 2 aromatic rings. The van der Waals surface area contributed by atoms with E-state index in [1.807, 2.05) is 0 Å².